The summed E-state index contributed by atoms with van der Waals surface area (Å²) in [5, 5.41) is 0. The molecule has 2 aromatic carbocycles. The molecule has 300 valence electrons. The van der Waals surface area contributed by atoms with Gasteiger partial charge in [0.05, 0.1) is 18.1 Å². The van der Waals surface area contributed by atoms with E-state index in [2.05, 4.69) is 61.2 Å². The summed E-state index contributed by atoms with van der Waals surface area (Å²) in [4.78, 5) is 18.7. The Bertz CT molecular complexity index is 1560. The van der Waals surface area contributed by atoms with Crippen LogP contribution in [0.25, 0.3) is 5.57 Å². The van der Waals surface area contributed by atoms with Crippen molar-refractivity contribution in [1.82, 2.24) is 14.7 Å². The normalized spacial score (nSPS) is 22.9. The van der Waals surface area contributed by atoms with Crippen molar-refractivity contribution in [1.29, 1.82) is 0 Å². The lowest BCUT2D eigenvalue weighted by Gasteiger charge is -2.46. The molecule has 0 bridgehead atoms. The van der Waals surface area contributed by atoms with Crippen LogP contribution in [0.1, 0.15) is 104 Å². The molecule has 2 heterocycles. The van der Waals surface area contributed by atoms with E-state index >= 15 is 0 Å². The fraction of sp³-hybridized carbons (Fsp3) is 0.659. The lowest BCUT2D eigenvalue weighted by molar-refractivity contribution is -0.217. The Kier molecular flexibility index (Phi) is 13.2. The van der Waals surface area contributed by atoms with Gasteiger partial charge in [-0.3, -0.25) is 9.80 Å². The maximum absolute atomic E-state index is 14.3. The molecule has 54 heavy (non-hydrogen) atoms. The number of allylic oxidation sites excluding steroid dienone is 2. The van der Waals surface area contributed by atoms with Gasteiger partial charge in [-0.2, -0.15) is 13.2 Å². The van der Waals surface area contributed by atoms with E-state index in [1.807, 2.05) is 42.7 Å². The van der Waals surface area contributed by atoms with Crippen LogP contribution in [0.2, 0.25) is 0 Å². The van der Waals surface area contributed by atoms with E-state index in [0.29, 0.717) is 38.7 Å². The van der Waals surface area contributed by atoms with Crippen LogP contribution >= 0.6 is 0 Å². The van der Waals surface area contributed by atoms with E-state index in [1.165, 1.54) is 30.5 Å². The Morgan fingerprint density at radius 2 is 1.63 bits per heavy atom. The maximum atomic E-state index is 14.3. The fourth-order valence-electron chi connectivity index (χ4n) is 8.46. The predicted molar refractivity (Wildman–Crippen MR) is 210 cm³/mol. The van der Waals surface area contributed by atoms with Crippen molar-refractivity contribution in [3.8, 4) is 5.75 Å². The van der Waals surface area contributed by atoms with Gasteiger partial charge in [0, 0.05) is 57.8 Å². The molecule has 1 aliphatic carbocycles. The van der Waals surface area contributed by atoms with E-state index in [4.69, 9.17) is 14.2 Å². The standard InChI is InChI=1S/C44H64F3N3O4/c1-40(2,3)54-39(51)50-26-24-48(25-27-50)29-33-9-13-35(14-10-33)36-15-11-34(12-16-36)30-49(32-41(4,5)44(45,46)47)23-21-43(22-28-53-42(6,7)31-43)37-17-19-38(52-8)20-18-37/h11-13,15-20,33H,9-10,14,21-32H2,1-8H3/t33-,43+/m0/s1. The zero-order valence-electron chi connectivity index (χ0n) is 34.0. The van der Waals surface area contributed by atoms with Crippen LogP contribution in [0.4, 0.5) is 18.0 Å². The minimum absolute atomic E-state index is 0.0839. The van der Waals surface area contributed by atoms with Gasteiger partial charge in [-0.05, 0) is 134 Å². The summed E-state index contributed by atoms with van der Waals surface area (Å²) < 4.78 is 59.9. The average Bonchev–Trinajstić information content (AvgIpc) is 3.10. The first kappa shape index (κ1) is 42.1. The zero-order chi connectivity index (χ0) is 39.4. The average molecular weight is 756 g/mol. The van der Waals surface area contributed by atoms with Crippen LogP contribution in [-0.4, -0.2) is 97.7 Å². The number of ether oxygens (including phenoxy) is 3. The number of methoxy groups -OCH3 is 1. The lowest BCUT2D eigenvalue weighted by Crippen LogP contribution is -2.50. The Labute approximate surface area is 322 Å². The molecule has 0 saturated carbocycles. The number of carbonyl (C=O) groups is 1. The zero-order valence-corrected chi connectivity index (χ0v) is 34.0. The molecule has 0 spiro atoms. The third-order valence-corrected chi connectivity index (χ3v) is 11.6. The number of carbonyl (C=O) groups excluding carboxylic acids is 1. The van der Waals surface area contributed by atoms with Gasteiger partial charge >= 0.3 is 12.3 Å². The number of halogens is 3. The summed E-state index contributed by atoms with van der Waals surface area (Å²) >= 11 is 0. The number of rotatable bonds is 12. The Morgan fingerprint density at radius 1 is 0.963 bits per heavy atom. The van der Waals surface area contributed by atoms with Gasteiger partial charge in [-0.15, -0.1) is 0 Å². The second-order valence-corrected chi connectivity index (χ2v) is 18.2. The molecule has 5 rings (SSSR count). The molecule has 2 fully saturated rings. The van der Waals surface area contributed by atoms with Crippen molar-refractivity contribution < 1.29 is 32.2 Å². The van der Waals surface area contributed by atoms with Crippen LogP contribution < -0.4 is 4.74 Å². The highest BCUT2D eigenvalue weighted by Crippen LogP contribution is 2.45. The van der Waals surface area contributed by atoms with Crippen LogP contribution in [0.5, 0.6) is 5.75 Å². The third kappa shape index (κ3) is 11.3. The quantitative estimate of drug-likeness (QED) is 0.215. The van der Waals surface area contributed by atoms with E-state index in [1.54, 1.807) is 7.11 Å². The summed E-state index contributed by atoms with van der Waals surface area (Å²) in [6.45, 7) is 18.2. The van der Waals surface area contributed by atoms with Crippen LogP contribution in [0, 0.1) is 11.3 Å². The van der Waals surface area contributed by atoms with Crippen molar-refractivity contribution in [3.63, 3.8) is 0 Å². The molecule has 3 aliphatic rings. The topological polar surface area (TPSA) is 54.5 Å². The molecule has 7 nitrogen and oxygen atoms in total. The lowest BCUT2D eigenvalue weighted by atomic mass is 9.67. The summed E-state index contributed by atoms with van der Waals surface area (Å²) in [5.74, 6) is 1.36. The number of amides is 1. The van der Waals surface area contributed by atoms with Gasteiger partial charge in [-0.1, -0.05) is 42.5 Å². The fourth-order valence-corrected chi connectivity index (χ4v) is 8.46. The van der Waals surface area contributed by atoms with Crippen molar-refractivity contribution in [2.75, 3.05) is 59.5 Å². The molecule has 2 saturated heterocycles. The van der Waals surface area contributed by atoms with Gasteiger partial charge in [0.1, 0.15) is 11.4 Å². The Balaban J connectivity index is 1.22. The molecule has 10 heteroatoms. The van der Waals surface area contributed by atoms with Gasteiger partial charge in [0.15, 0.2) is 0 Å². The molecule has 0 radical (unpaired) electrons. The van der Waals surface area contributed by atoms with Gasteiger partial charge in [-0.25, -0.2) is 4.79 Å². The first-order valence-corrected chi connectivity index (χ1v) is 19.8. The minimum atomic E-state index is -4.32. The summed E-state index contributed by atoms with van der Waals surface area (Å²) in [6.07, 6.45) is 3.28. The summed E-state index contributed by atoms with van der Waals surface area (Å²) in [7, 11) is 1.65. The third-order valence-electron chi connectivity index (χ3n) is 11.6. The number of alkyl halides is 3. The Hall–Kier alpha value is -3.08. The van der Waals surface area contributed by atoms with Crippen molar-refractivity contribution in [2.45, 2.75) is 116 Å². The second-order valence-electron chi connectivity index (χ2n) is 18.2. The molecular weight excluding hydrogens is 691 g/mol. The highest BCUT2D eigenvalue weighted by atomic mass is 19.4. The molecule has 2 aromatic rings. The number of piperazine rings is 1. The van der Waals surface area contributed by atoms with Crippen LogP contribution in [0.15, 0.2) is 54.6 Å². The van der Waals surface area contributed by atoms with E-state index in [9.17, 15) is 18.0 Å². The number of hydrogen-bond donors (Lipinski definition) is 0. The van der Waals surface area contributed by atoms with E-state index in [0.717, 1.165) is 69.5 Å². The second kappa shape index (κ2) is 17.0. The molecular formula is C44H64F3N3O4. The predicted octanol–water partition coefficient (Wildman–Crippen LogP) is 9.74. The highest BCUT2D eigenvalue weighted by Gasteiger charge is 2.48. The van der Waals surface area contributed by atoms with Crippen molar-refractivity contribution >= 4 is 11.7 Å². The molecule has 0 N–H and O–H groups in total. The molecule has 2 atom stereocenters. The first-order chi connectivity index (χ1) is 25.3. The number of benzene rings is 2. The maximum Gasteiger partial charge on any atom is 0.410 e. The monoisotopic (exact) mass is 755 g/mol. The molecule has 2 aliphatic heterocycles. The van der Waals surface area contributed by atoms with Gasteiger partial charge in [0.25, 0.3) is 0 Å². The molecule has 0 aromatic heterocycles. The summed E-state index contributed by atoms with van der Waals surface area (Å²) in [6, 6.07) is 16.7. The SMILES string of the molecule is COc1ccc([C@]2(CCN(Cc3ccc(C4=CC[C@H](CN5CCN(C(=O)OC(C)(C)C)CC5)CC4)cc3)CC(C)(C)C(F)(F)F)CCOC(C)(C)C2)cc1. The van der Waals surface area contributed by atoms with Crippen LogP contribution in [-0.2, 0) is 21.4 Å². The van der Waals surface area contributed by atoms with Crippen molar-refractivity contribution in [3.05, 3.63) is 71.3 Å². The molecule has 0 unspecified atom stereocenters. The smallest absolute Gasteiger partial charge is 0.410 e. The minimum Gasteiger partial charge on any atom is -0.497 e. The summed E-state index contributed by atoms with van der Waals surface area (Å²) in [5.41, 5.74) is 1.82. The van der Waals surface area contributed by atoms with Crippen molar-refractivity contribution in [2.24, 2.45) is 11.3 Å². The van der Waals surface area contributed by atoms with Gasteiger partial charge < -0.3 is 19.1 Å². The molecule has 1 amide bonds. The Morgan fingerprint density at radius 3 is 2.19 bits per heavy atom. The largest absolute Gasteiger partial charge is 0.497 e. The highest BCUT2D eigenvalue weighted by molar-refractivity contribution is 5.68. The van der Waals surface area contributed by atoms with E-state index in [-0.39, 0.29) is 23.7 Å². The number of nitrogens with zero attached hydrogens (tertiary/aromatic N) is 3. The first-order valence-electron chi connectivity index (χ1n) is 19.8. The van der Waals surface area contributed by atoms with Crippen LogP contribution in [0.3, 0.4) is 0 Å². The number of hydrogen-bond acceptors (Lipinski definition) is 6. The van der Waals surface area contributed by atoms with Gasteiger partial charge in [0.2, 0.25) is 0 Å². The van der Waals surface area contributed by atoms with E-state index < -0.39 is 17.2 Å².